The van der Waals surface area contributed by atoms with Gasteiger partial charge in [0.15, 0.2) is 0 Å². The summed E-state index contributed by atoms with van der Waals surface area (Å²) in [5.74, 6) is 7.63. The molecule has 0 N–H and O–H groups in total. The molecule has 0 aromatic rings. The molecule has 0 radical (unpaired) electrons. The van der Waals surface area contributed by atoms with Gasteiger partial charge in [0.05, 0.1) is 0 Å². The molecule has 5 unspecified atom stereocenters. The first kappa shape index (κ1) is 22.7. The quantitative estimate of drug-likeness (QED) is 0.451. The van der Waals surface area contributed by atoms with Crippen molar-refractivity contribution in [1.82, 2.24) is 0 Å². The lowest BCUT2D eigenvalue weighted by Gasteiger charge is -2.47. The third-order valence-corrected chi connectivity index (χ3v) is 9.32. The van der Waals surface area contributed by atoms with Gasteiger partial charge in [0.2, 0.25) is 0 Å². The Morgan fingerprint density at radius 1 is 0.607 bits per heavy atom. The average molecular weight is 389 g/mol. The van der Waals surface area contributed by atoms with Crippen LogP contribution in [0.1, 0.15) is 136 Å². The van der Waals surface area contributed by atoms with E-state index in [4.69, 9.17) is 0 Å². The average Bonchev–Trinajstić information content (AvgIpc) is 3.37. The molecule has 0 spiro atoms. The Morgan fingerprint density at radius 3 is 1.82 bits per heavy atom. The second-order valence-corrected chi connectivity index (χ2v) is 11.4. The maximum absolute atomic E-state index is 2.58. The Morgan fingerprint density at radius 2 is 1.18 bits per heavy atom. The highest BCUT2D eigenvalue weighted by atomic mass is 14.5. The Bertz CT molecular complexity index is 396. The van der Waals surface area contributed by atoms with Crippen molar-refractivity contribution in [3.05, 3.63) is 0 Å². The molecule has 0 bridgehead atoms. The van der Waals surface area contributed by atoms with E-state index in [1.165, 1.54) is 77.0 Å². The lowest BCUT2D eigenvalue weighted by Crippen LogP contribution is -2.40. The van der Waals surface area contributed by atoms with Gasteiger partial charge in [0, 0.05) is 0 Å². The fourth-order valence-electron chi connectivity index (χ4n) is 7.90. The van der Waals surface area contributed by atoms with Gasteiger partial charge in [-0.1, -0.05) is 124 Å². The maximum atomic E-state index is 2.58. The van der Waals surface area contributed by atoms with Crippen molar-refractivity contribution in [1.29, 1.82) is 0 Å². The SMILES string of the molecule is CC1CCCCCCCC1.CCCC1C(C)CC2CCCC2C1C1CCCC1. The van der Waals surface area contributed by atoms with E-state index in [2.05, 4.69) is 20.8 Å². The molecular formula is C28H52. The molecule has 28 heavy (non-hydrogen) atoms. The van der Waals surface area contributed by atoms with E-state index in [9.17, 15) is 0 Å². The van der Waals surface area contributed by atoms with E-state index in [0.29, 0.717) is 0 Å². The van der Waals surface area contributed by atoms with Crippen molar-refractivity contribution in [2.24, 2.45) is 41.4 Å². The first-order valence-corrected chi connectivity index (χ1v) is 13.7. The minimum absolute atomic E-state index is 1.01. The molecule has 4 aliphatic carbocycles. The van der Waals surface area contributed by atoms with E-state index in [1.54, 1.807) is 38.5 Å². The topological polar surface area (TPSA) is 0 Å². The zero-order valence-electron chi connectivity index (χ0n) is 19.8. The van der Waals surface area contributed by atoms with Crippen molar-refractivity contribution in [2.45, 2.75) is 136 Å². The van der Waals surface area contributed by atoms with Crippen LogP contribution in [0.4, 0.5) is 0 Å². The second-order valence-electron chi connectivity index (χ2n) is 11.4. The highest BCUT2D eigenvalue weighted by molar-refractivity contribution is 4.96. The summed E-state index contributed by atoms with van der Waals surface area (Å²) in [6.07, 6.45) is 27.3. The number of hydrogen-bond acceptors (Lipinski definition) is 0. The smallest absolute Gasteiger partial charge is 0.0324 e. The summed E-state index contributed by atoms with van der Waals surface area (Å²) >= 11 is 0. The normalized spacial score (nSPS) is 38.0. The summed E-state index contributed by atoms with van der Waals surface area (Å²) in [6.45, 7) is 7.39. The summed E-state index contributed by atoms with van der Waals surface area (Å²) in [7, 11) is 0. The van der Waals surface area contributed by atoms with Crippen molar-refractivity contribution in [2.75, 3.05) is 0 Å². The summed E-state index contributed by atoms with van der Waals surface area (Å²) in [6, 6.07) is 0. The molecule has 0 aliphatic heterocycles. The predicted octanol–water partition coefficient (Wildman–Crippen LogP) is 9.42. The van der Waals surface area contributed by atoms with Crippen LogP contribution < -0.4 is 0 Å². The van der Waals surface area contributed by atoms with E-state index in [1.807, 2.05) is 0 Å². The van der Waals surface area contributed by atoms with Crippen LogP contribution in [0.15, 0.2) is 0 Å². The summed E-state index contributed by atoms with van der Waals surface area (Å²) < 4.78 is 0. The van der Waals surface area contributed by atoms with Gasteiger partial charge in [-0.05, 0) is 54.3 Å². The van der Waals surface area contributed by atoms with Crippen molar-refractivity contribution in [3.63, 3.8) is 0 Å². The van der Waals surface area contributed by atoms with Gasteiger partial charge in [0.25, 0.3) is 0 Å². The first-order valence-electron chi connectivity index (χ1n) is 13.7. The molecule has 4 fully saturated rings. The molecule has 4 rings (SSSR count). The maximum Gasteiger partial charge on any atom is -0.0324 e. The molecule has 0 amide bonds. The molecule has 0 saturated heterocycles. The summed E-state index contributed by atoms with van der Waals surface area (Å²) in [5.41, 5.74) is 0. The molecule has 0 heteroatoms. The largest absolute Gasteiger partial charge is 0.0654 e. The molecule has 4 saturated carbocycles. The molecule has 5 atom stereocenters. The van der Waals surface area contributed by atoms with Gasteiger partial charge in [0.1, 0.15) is 0 Å². The van der Waals surface area contributed by atoms with Gasteiger partial charge in [-0.3, -0.25) is 0 Å². The van der Waals surface area contributed by atoms with E-state index < -0.39 is 0 Å². The molecular weight excluding hydrogens is 336 g/mol. The molecule has 164 valence electrons. The first-order chi connectivity index (χ1) is 13.7. The van der Waals surface area contributed by atoms with Crippen LogP contribution in [-0.2, 0) is 0 Å². The standard InChI is InChI=1S/C18H32.C10H20/c1-3-7-16-13(2)12-15-10-6-11-17(15)18(16)14-8-4-5-9-14;1-10-8-6-4-2-3-5-7-9-10/h13-18H,3-12H2,1-2H3;10H,2-9H2,1H3. The van der Waals surface area contributed by atoms with Crippen LogP contribution in [0.25, 0.3) is 0 Å². The Kier molecular flexibility index (Phi) is 9.72. The Labute approximate surface area is 178 Å². The minimum atomic E-state index is 1.01. The van der Waals surface area contributed by atoms with Crippen molar-refractivity contribution >= 4 is 0 Å². The van der Waals surface area contributed by atoms with Crippen LogP contribution in [0.3, 0.4) is 0 Å². The third-order valence-electron chi connectivity index (χ3n) is 9.32. The molecule has 0 nitrogen and oxygen atoms in total. The number of rotatable bonds is 3. The monoisotopic (exact) mass is 388 g/mol. The lowest BCUT2D eigenvalue weighted by molar-refractivity contribution is 0.0167. The third kappa shape index (κ3) is 6.25. The van der Waals surface area contributed by atoms with Gasteiger partial charge < -0.3 is 0 Å². The fraction of sp³-hybridized carbons (Fsp3) is 1.00. The zero-order chi connectivity index (χ0) is 19.8. The van der Waals surface area contributed by atoms with E-state index in [-0.39, 0.29) is 0 Å². The highest BCUT2D eigenvalue weighted by Crippen LogP contribution is 2.56. The van der Waals surface area contributed by atoms with Gasteiger partial charge in [-0.2, -0.15) is 0 Å². The minimum Gasteiger partial charge on any atom is -0.0654 e. The van der Waals surface area contributed by atoms with Crippen molar-refractivity contribution < 1.29 is 0 Å². The number of fused-ring (bicyclic) bond motifs is 1. The molecule has 0 aromatic carbocycles. The summed E-state index contributed by atoms with van der Waals surface area (Å²) in [5, 5.41) is 0. The van der Waals surface area contributed by atoms with Crippen LogP contribution in [0.5, 0.6) is 0 Å². The zero-order valence-corrected chi connectivity index (χ0v) is 19.8. The van der Waals surface area contributed by atoms with Gasteiger partial charge >= 0.3 is 0 Å². The van der Waals surface area contributed by atoms with E-state index in [0.717, 1.165) is 41.4 Å². The van der Waals surface area contributed by atoms with Gasteiger partial charge in [-0.25, -0.2) is 0 Å². The van der Waals surface area contributed by atoms with Crippen LogP contribution in [0, 0.1) is 41.4 Å². The Hall–Kier alpha value is 0. The van der Waals surface area contributed by atoms with Crippen molar-refractivity contribution in [3.8, 4) is 0 Å². The fourth-order valence-corrected chi connectivity index (χ4v) is 7.90. The molecule has 4 aliphatic rings. The second kappa shape index (κ2) is 12.0. The predicted molar refractivity (Wildman–Crippen MR) is 125 cm³/mol. The van der Waals surface area contributed by atoms with Crippen LogP contribution in [-0.4, -0.2) is 0 Å². The summed E-state index contributed by atoms with van der Waals surface area (Å²) in [4.78, 5) is 0. The number of hydrogen-bond donors (Lipinski definition) is 0. The Balaban J connectivity index is 0.000000192. The molecule has 0 aromatic heterocycles. The van der Waals surface area contributed by atoms with Gasteiger partial charge in [-0.15, -0.1) is 0 Å². The van der Waals surface area contributed by atoms with Crippen LogP contribution in [0.2, 0.25) is 0 Å². The lowest BCUT2D eigenvalue weighted by atomic mass is 9.58. The van der Waals surface area contributed by atoms with E-state index >= 15 is 0 Å². The highest BCUT2D eigenvalue weighted by Gasteiger charge is 2.47. The molecule has 0 heterocycles. The van der Waals surface area contributed by atoms with Crippen LogP contribution >= 0.6 is 0 Å².